The number of alkyl halides is 3. The first kappa shape index (κ1) is 19.0. The lowest BCUT2D eigenvalue weighted by molar-refractivity contribution is -0.123. The molecule has 0 aliphatic heterocycles. The molecule has 148 valence electrons. The quantitative estimate of drug-likeness (QED) is 0.681. The minimum absolute atomic E-state index is 0.0315. The van der Waals surface area contributed by atoms with E-state index in [-0.39, 0.29) is 11.3 Å². The van der Waals surface area contributed by atoms with Crippen molar-refractivity contribution >= 4 is 28.3 Å². The molecular weight excluding hydrogens is 381 g/mol. The first-order valence-corrected chi connectivity index (χ1v) is 9.12. The van der Waals surface area contributed by atoms with E-state index < -0.39 is 24.5 Å². The highest BCUT2D eigenvalue weighted by atomic mass is 19.4. The van der Waals surface area contributed by atoms with Gasteiger partial charge in [-0.25, -0.2) is 0 Å². The molecule has 2 amide bonds. The second-order valence-corrected chi connectivity index (χ2v) is 6.91. The van der Waals surface area contributed by atoms with E-state index in [0.717, 1.165) is 23.6 Å². The molecule has 4 nitrogen and oxygen atoms in total. The van der Waals surface area contributed by atoms with Crippen molar-refractivity contribution in [3.05, 3.63) is 76.9 Å². The fourth-order valence-electron chi connectivity index (χ4n) is 3.70. The molecule has 0 fully saturated rings. The summed E-state index contributed by atoms with van der Waals surface area (Å²) in [7, 11) is 0. The maximum Gasteiger partial charge on any atom is 0.405 e. The molecule has 0 radical (unpaired) electrons. The van der Waals surface area contributed by atoms with Gasteiger partial charge in [0.2, 0.25) is 0 Å². The van der Waals surface area contributed by atoms with Gasteiger partial charge in [-0.15, -0.1) is 0 Å². The van der Waals surface area contributed by atoms with Gasteiger partial charge in [0, 0.05) is 5.56 Å². The number of carbonyl (C=O) groups excluding carboxylic acids is 2. The van der Waals surface area contributed by atoms with E-state index in [1.807, 2.05) is 29.6 Å². The van der Waals surface area contributed by atoms with Gasteiger partial charge in [0.15, 0.2) is 0 Å². The molecule has 3 aromatic rings. The van der Waals surface area contributed by atoms with Crippen LogP contribution < -0.4 is 10.6 Å². The van der Waals surface area contributed by atoms with Gasteiger partial charge in [0.05, 0.1) is 11.3 Å². The van der Waals surface area contributed by atoms with Gasteiger partial charge in [-0.05, 0) is 52.9 Å². The number of anilines is 1. The molecule has 0 unspecified atom stereocenters. The zero-order valence-electron chi connectivity index (χ0n) is 15.3. The minimum Gasteiger partial charge on any atom is -0.343 e. The molecule has 1 aliphatic rings. The first-order chi connectivity index (χ1) is 13.8. The molecule has 3 aromatic carbocycles. The van der Waals surface area contributed by atoms with Gasteiger partial charge in [-0.1, -0.05) is 36.4 Å². The van der Waals surface area contributed by atoms with Crippen LogP contribution in [0.1, 0.15) is 31.8 Å². The van der Waals surface area contributed by atoms with E-state index in [2.05, 4.69) is 5.32 Å². The molecular formula is C22H17F3N2O2. The highest BCUT2D eigenvalue weighted by molar-refractivity contribution is 6.15. The van der Waals surface area contributed by atoms with Crippen LogP contribution >= 0.6 is 0 Å². The molecule has 29 heavy (non-hydrogen) atoms. The Morgan fingerprint density at radius 1 is 0.828 bits per heavy atom. The van der Waals surface area contributed by atoms with Gasteiger partial charge in [-0.3, -0.25) is 9.59 Å². The number of halogens is 3. The zero-order valence-corrected chi connectivity index (χ0v) is 15.3. The third-order valence-corrected chi connectivity index (χ3v) is 4.99. The summed E-state index contributed by atoms with van der Waals surface area (Å²) in [5, 5.41) is 6.41. The Labute approximate surface area is 164 Å². The van der Waals surface area contributed by atoms with Crippen molar-refractivity contribution < 1.29 is 22.8 Å². The number of benzene rings is 3. The van der Waals surface area contributed by atoms with Crippen LogP contribution in [0.25, 0.3) is 10.8 Å². The Morgan fingerprint density at radius 2 is 1.55 bits per heavy atom. The number of carbonyl (C=O) groups is 2. The van der Waals surface area contributed by atoms with E-state index >= 15 is 0 Å². The summed E-state index contributed by atoms with van der Waals surface area (Å²) in [5.41, 5.74) is 2.97. The number of hydrogen-bond donors (Lipinski definition) is 2. The lowest BCUT2D eigenvalue weighted by atomic mass is 9.99. The maximum absolute atomic E-state index is 12.9. The predicted octanol–water partition coefficient (Wildman–Crippen LogP) is 4.48. The Hall–Kier alpha value is -3.35. The van der Waals surface area contributed by atoms with E-state index in [1.54, 1.807) is 12.1 Å². The summed E-state index contributed by atoms with van der Waals surface area (Å²) in [5.74, 6) is -1.32. The van der Waals surface area contributed by atoms with E-state index in [0.29, 0.717) is 5.56 Å². The van der Waals surface area contributed by atoms with Gasteiger partial charge in [-0.2, -0.15) is 13.2 Å². The van der Waals surface area contributed by atoms with Crippen LogP contribution in [0, 0.1) is 0 Å². The maximum atomic E-state index is 12.9. The van der Waals surface area contributed by atoms with Crippen LogP contribution in [0.5, 0.6) is 0 Å². The Bertz CT molecular complexity index is 1110. The Morgan fingerprint density at radius 3 is 2.31 bits per heavy atom. The summed E-state index contributed by atoms with van der Waals surface area (Å²) in [4.78, 5) is 25.1. The van der Waals surface area contributed by atoms with E-state index in [9.17, 15) is 22.8 Å². The highest BCUT2D eigenvalue weighted by Gasteiger charge is 2.28. The van der Waals surface area contributed by atoms with Crippen molar-refractivity contribution in [2.24, 2.45) is 0 Å². The predicted molar refractivity (Wildman–Crippen MR) is 104 cm³/mol. The minimum atomic E-state index is -4.52. The van der Waals surface area contributed by atoms with Crippen LogP contribution in [0.2, 0.25) is 0 Å². The number of rotatable bonds is 4. The standard InChI is InChI=1S/C22H17F3N2O2/c23-22(24,25)12-26-20(28)17-5-1-2-7-18(17)27-21(29)16-11-10-14-9-8-13-4-3-6-15(16)19(13)14/h1-7,10-11H,8-9,12H2,(H,26,28)(H,27,29). The van der Waals surface area contributed by atoms with Gasteiger partial charge < -0.3 is 10.6 Å². The third kappa shape index (κ3) is 3.81. The zero-order chi connectivity index (χ0) is 20.6. The fraction of sp³-hybridized carbons (Fsp3) is 0.182. The molecule has 4 rings (SSSR count). The average molecular weight is 398 g/mol. The van der Waals surface area contributed by atoms with Crippen LogP contribution in [0.15, 0.2) is 54.6 Å². The molecule has 0 spiro atoms. The molecule has 0 heterocycles. The second kappa shape index (κ2) is 7.24. The monoisotopic (exact) mass is 398 g/mol. The number of aryl methyl sites for hydroxylation is 2. The van der Waals surface area contributed by atoms with Crippen LogP contribution in [-0.2, 0) is 12.8 Å². The summed E-state index contributed by atoms with van der Waals surface area (Å²) in [6.07, 6.45) is -2.65. The number of para-hydroxylation sites is 1. The van der Waals surface area contributed by atoms with Crippen molar-refractivity contribution in [2.45, 2.75) is 19.0 Å². The first-order valence-electron chi connectivity index (χ1n) is 9.12. The molecule has 7 heteroatoms. The van der Waals surface area contributed by atoms with Crippen molar-refractivity contribution in [3.8, 4) is 0 Å². The summed E-state index contributed by atoms with van der Waals surface area (Å²) in [6, 6.07) is 15.5. The smallest absolute Gasteiger partial charge is 0.343 e. The van der Waals surface area contributed by atoms with E-state index in [4.69, 9.17) is 0 Å². The van der Waals surface area contributed by atoms with Crippen LogP contribution in [0.3, 0.4) is 0 Å². The molecule has 1 aliphatic carbocycles. The van der Waals surface area contributed by atoms with Crippen LogP contribution in [0.4, 0.5) is 18.9 Å². The molecule has 0 saturated carbocycles. The third-order valence-electron chi connectivity index (χ3n) is 4.99. The molecule has 0 atom stereocenters. The average Bonchev–Trinajstić information content (AvgIpc) is 3.11. The van der Waals surface area contributed by atoms with Gasteiger partial charge in [0.1, 0.15) is 6.54 Å². The Balaban J connectivity index is 1.62. The fourth-order valence-corrected chi connectivity index (χ4v) is 3.70. The molecule has 0 aromatic heterocycles. The molecule has 0 bridgehead atoms. The highest BCUT2D eigenvalue weighted by Crippen LogP contribution is 2.33. The number of amides is 2. The van der Waals surface area contributed by atoms with Crippen LogP contribution in [-0.4, -0.2) is 24.5 Å². The topological polar surface area (TPSA) is 58.2 Å². The van der Waals surface area contributed by atoms with Crippen molar-refractivity contribution in [1.29, 1.82) is 0 Å². The molecule has 0 saturated heterocycles. The van der Waals surface area contributed by atoms with E-state index in [1.165, 1.54) is 29.3 Å². The van der Waals surface area contributed by atoms with Crippen molar-refractivity contribution in [3.63, 3.8) is 0 Å². The lowest BCUT2D eigenvalue weighted by Crippen LogP contribution is -2.34. The van der Waals surface area contributed by atoms with Crippen molar-refractivity contribution in [1.82, 2.24) is 5.32 Å². The summed E-state index contributed by atoms with van der Waals surface area (Å²) < 4.78 is 37.2. The Kier molecular flexibility index (Phi) is 4.74. The largest absolute Gasteiger partial charge is 0.405 e. The van der Waals surface area contributed by atoms with Gasteiger partial charge in [0.25, 0.3) is 11.8 Å². The van der Waals surface area contributed by atoms with Crippen molar-refractivity contribution in [2.75, 3.05) is 11.9 Å². The van der Waals surface area contributed by atoms with Gasteiger partial charge >= 0.3 is 6.18 Å². The number of nitrogens with one attached hydrogen (secondary N) is 2. The molecule has 2 N–H and O–H groups in total. The summed E-state index contributed by atoms with van der Waals surface area (Å²) in [6.45, 7) is -1.44. The SMILES string of the molecule is O=C(NCC(F)(F)F)c1ccccc1NC(=O)c1ccc2c3c(cccc13)CC2. The lowest BCUT2D eigenvalue weighted by Gasteiger charge is -2.14. The normalized spacial score (nSPS) is 12.8. The summed E-state index contributed by atoms with van der Waals surface area (Å²) >= 11 is 0. The number of hydrogen-bond acceptors (Lipinski definition) is 2. The second-order valence-electron chi connectivity index (χ2n) is 6.91.